The van der Waals surface area contributed by atoms with E-state index in [9.17, 15) is 4.79 Å². The number of pyridine rings is 1. The van der Waals surface area contributed by atoms with Gasteiger partial charge in [-0.15, -0.1) is 0 Å². The first-order valence-corrected chi connectivity index (χ1v) is 8.55. The number of ether oxygens (including phenoxy) is 2. The number of carbonyl (C=O) groups is 1. The number of methoxy groups -OCH3 is 1. The van der Waals surface area contributed by atoms with Crippen LogP contribution in [0.4, 0.5) is 0 Å². The number of amides is 1. The minimum absolute atomic E-state index is 0.134. The summed E-state index contributed by atoms with van der Waals surface area (Å²) in [7, 11) is 1.65. The Morgan fingerprint density at radius 2 is 2.04 bits per heavy atom. The van der Waals surface area contributed by atoms with Crippen molar-refractivity contribution >= 4 is 11.9 Å². The fraction of sp³-hybridized carbons (Fsp3) is 0.588. The van der Waals surface area contributed by atoms with E-state index in [0.29, 0.717) is 45.0 Å². The van der Waals surface area contributed by atoms with E-state index < -0.39 is 0 Å². The largest absolute Gasteiger partial charge is 0.382 e. The summed E-state index contributed by atoms with van der Waals surface area (Å²) >= 11 is 0. The Balaban J connectivity index is 2.19. The van der Waals surface area contributed by atoms with E-state index in [1.165, 1.54) is 0 Å². The fourth-order valence-corrected chi connectivity index (χ4v) is 1.90. The van der Waals surface area contributed by atoms with Crippen LogP contribution in [0.5, 0.6) is 0 Å². The average Bonchev–Trinajstić information content (AvgIpc) is 2.64. The van der Waals surface area contributed by atoms with Gasteiger partial charge >= 0.3 is 0 Å². The van der Waals surface area contributed by atoms with Gasteiger partial charge in [-0.2, -0.15) is 0 Å². The van der Waals surface area contributed by atoms with E-state index in [4.69, 9.17) is 9.47 Å². The lowest BCUT2D eigenvalue weighted by Gasteiger charge is -2.12. The molecule has 0 bridgehead atoms. The van der Waals surface area contributed by atoms with Crippen LogP contribution in [-0.2, 0) is 9.47 Å². The number of nitrogens with zero attached hydrogens (tertiary/aromatic N) is 2. The quantitative estimate of drug-likeness (QED) is 0.287. The van der Waals surface area contributed by atoms with Crippen molar-refractivity contribution in [2.75, 3.05) is 53.1 Å². The Morgan fingerprint density at radius 3 is 2.76 bits per heavy atom. The predicted molar refractivity (Wildman–Crippen MR) is 97.9 cm³/mol. The standard InChI is InChI=1S/C17H29N5O3/c1-3-19-17(21-8-5-11-25-13-12-24-2)22-10-9-20-16(23)15-6-4-7-18-14-15/h4,6-7,14H,3,5,8-13H2,1-2H3,(H,20,23)(H2,19,21,22). The molecule has 1 aromatic rings. The molecular formula is C17H29N5O3. The summed E-state index contributed by atoms with van der Waals surface area (Å²) in [4.78, 5) is 20.3. The van der Waals surface area contributed by atoms with Gasteiger partial charge in [-0.1, -0.05) is 0 Å². The second kappa shape index (κ2) is 14.2. The van der Waals surface area contributed by atoms with Crippen LogP contribution in [0.25, 0.3) is 0 Å². The second-order valence-electron chi connectivity index (χ2n) is 5.14. The lowest BCUT2D eigenvalue weighted by molar-refractivity contribution is 0.0702. The third-order valence-electron chi connectivity index (χ3n) is 3.12. The molecule has 1 rings (SSSR count). The maximum absolute atomic E-state index is 11.9. The third kappa shape index (κ3) is 10.3. The normalized spacial score (nSPS) is 11.2. The van der Waals surface area contributed by atoms with E-state index in [1.54, 1.807) is 31.6 Å². The molecule has 1 aromatic heterocycles. The maximum atomic E-state index is 11.9. The van der Waals surface area contributed by atoms with Gasteiger partial charge in [0.1, 0.15) is 0 Å². The van der Waals surface area contributed by atoms with Crippen molar-refractivity contribution in [1.29, 1.82) is 0 Å². The lowest BCUT2D eigenvalue weighted by Crippen LogP contribution is -2.41. The van der Waals surface area contributed by atoms with Crippen molar-refractivity contribution in [1.82, 2.24) is 20.9 Å². The molecule has 3 N–H and O–H groups in total. The maximum Gasteiger partial charge on any atom is 0.252 e. The van der Waals surface area contributed by atoms with Gasteiger partial charge in [0.2, 0.25) is 0 Å². The zero-order valence-electron chi connectivity index (χ0n) is 15.1. The molecule has 0 saturated carbocycles. The first-order chi connectivity index (χ1) is 12.3. The summed E-state index contributed by atoms with van der Waals surface area (Å²) < 4.78 is 10.3. The zero-order chi connectivity index (χ0) is 18.2. The molecule has 0 radical (unpaired) electrons. The van der Waals surface area contributed by atoms with Gasteiger partial charge in [0, 0.05) is 52.3 Å². The Labute approximate surface area is 149 Å². The van der Waals surface area contributed by atoms with Crippen molar-refractivity contribution < 1.29 is 14.3 Å². The van der Waals surface area contributed by atoms with Crippen LogP contribution in [0.1, 0.15) is 23.7 Å². The van der Waals surface area contributed by atoms with E-state index in [-0.39, 0.29) is 5.91 Å². The van der Waals surface area contributed by atoms with E-state index >= 15 is 0 Å². The summed E-state index contributed by atoms with van der Waals surface area (Å²) in [5.74, 6) is 0.597. The van der Waals surface area contributed by atoms with Crippen LogP contribution in [0, 0.1) is 0 Å². The Bertz CT molecular complexity index is 496. The van der Waals surface area contributed by atoms with E-state index in [0.717, 1.165) is 18.9 Å². The molecule has 140 valence electrons. The van der Waals surface area contributed by atoms with Crippen molar-refractivity contribution in [3.8, 4) is 0 Å². The zero-order valence-corrected chi connectivity index (χ0v) is 15.1. The minimum Gasteiger partial charge on any atom is -0.382 e. The highest BCUT2D eigenvalue weighted by Crippen LogP contribution is 1.94. The average molecular weight is 351 g/mol. The first kappa shape index (κ1) is 20.9. The molecule has 8 heteroatoms. The van der Waals surface area contributed by atoms with Gasteiger partial charge in [0.05, 0.1) is 18.8 Å². The number of carbonyl (C=O) groups excluding carboxylic acids is 1. The topological polar surface area (TPSA) is 96.9 Å². The number of hydrogen-bond acceptors (Lipinski definition) is 5. The summed E-state index contributed by atoms with van der Waals surface area (Å²) in [6.07, 6.45) is 4.03. The highest BCUT2D eigenvalue weighted by Gasteiger charge is 2.04. The molecule has 0 aliphatic rings. The first-order valence-electron chi connectivity index (χ1n) is 8.55. The summed E-state index contributed by atoms with van der Waals surface area (Å²) in [5, 5.41) is 9.19. The Hall–Kier alpha value is -2.19. The van der Waals surface area contributed by atoms with Crippen molar-refractivity contribution in [2.45, 2.75) is 13.3 Å². The molecule has 0 atom stereocenters. The molecule has 0 aliphatic carbocycles. The molecule has 0 spiro atoms. The van der Waals surface area contributed by atoms with Crippen LogP contribution >= 0.6 is 0 Å². The van der Waals surface area contributed by atoms with Crippen LogP contribution < -0.4 is 16.0 Å². The molecule has 0 unspecified atom stereocenters. The van der Waals surface area contributed by atoms with E-state index in [1.807, 2.05) is 6.92 Å². The summed E-state index contributed by atoms with van der Waals surface area (Å²) in [6, 6.07) is 3.47. The van der Waals surface area contributed by atoms with Crippen molar-refractivity contribution in [2.24, 2.45) is 4.99 Å². The highest BCUT2D eigenvalue weighted by atomic mass is 16.5. The number of guanidine groups is 1. The van der Waals surface area contributed by atoms with Crippen LogP contribution in [0.2, 0.25) is 0 Å². The highest BCUT2D eigenvalue weighted by molar-refractivity contribution is 5.93. The molecule has 0 aromatic carbocycles. The monoisotopic (exact) mass is 351 g/mol. The van der Waals surface area contributed by atoms with Gasteiger partial charge < -0.3 is 25.4 Å². The molecule has 0 fully saturated rings. The van der Waals surface area contributed by atoms with Gasteiger partial charge in [-0.05, 0) is 25.5 Å². The van der Waals surface area contributed by atoms with Crippen molar-refractivity contribution in [3.63, 3.8) is 0 Å². The number of hydrogen-bond donors (Lipinski definition) is 3. The van der Waals surface area contributed by atoms with Crippen LogP contribution in [0.3, 0.4) is 0 Å². The third-order valence-corrected chi connectivity index (χ3v) is 3.12. The Kier molecular flexibility index (Phi) is 11.8. The predicted octanol–water partition coefficient (Wildman–Crippen LogP) is 0.420. The molecular weight excluding hydrogens is 322 g/mol. The van der Waals surface area contributed by atoms with E-state index in [2.05, 4.69) is 25.9 Å². The fourth-order valence-electron chi connectivity index (χ4n) is 1.90. The second-order valence-corrected chi connectivity index (χ2v) is 5.14. The van der Waals surface area contributed by atoms with Crippen LogP contribution in [0.15, 0.2) is 29.5 Å². The van der Waals surface area contributed by atoms with Crippen LogP contribution in [-0.4, -0.2) is 70.0 Å². The smallest absolute Gasteiger partial charge is 0.252 e. The van der Waals surface area contributed by atoms with Crippen molar-refractivity contribution in [3.05, 3.63) is 30.1 Å². The van der Waals surface area contributed by atoms with Gasteiger partial charge in [0.15, 0.2) is 5.96 Å². The van der Waals surface area contributed by atoms with Gasteiger partial charge in [-0.25, -0.2) is 0 Å². The minimum atomic E-state index is -0.134. The molecule has 8 nitrogen and oxygen atoms in total. The molecule has 0 aliphatic heterocycles. The Morgan fingerprint density at radius 1 is 1.20 bits per heavy atom. The lowest BCUT2D eigenvalue weighted by atomic mass is 10.3. The van der Waals surface area contributed by atoms with Gasteiger partial charge in [-0.3, -0.25) is 14.8 Å². The molecule has 1 amide bonds. The number of aromatic nitrogens is 1. The SMILES string of the molecule is CCNC(=NCCCOCCOC)NCCNC(=O)c1cccnc1. The number of rotatable bonds is 12. The van der Waals surface area contributed by atoms with Gasteiger partial charge in [0.25, 0.3) is 5.91 Å². The molecule has 0 saturated heterocycles. The summed E-state index contributed by atoms with van der Waals surface area (Å²) in [5.41, 5.74) is 0.552. The number of aliphatic imine (C=N–C) groups is 1. The molecule has 1 heterocycles. The summed E-state index contributed by atoms with van der Waals surface area (Å²) in [6.45, 7) is 6.42. The molecule has 25 heavy (non-hydrogen) atoms. The number of nitrogens with one attached hydrogen (secondary N) is 3.